The molecule has 2 saturated heterocycles. The molecule has 198 valence electrons. The van der Waals surface area contributed by atoms with Crippen LogP contribution in [0.4, 0.5) is 0 Å². The number of carbonyl (C=O) groups is 1. The summed E-state index contributed by atoms with van der Waals surface area (Å²) in [6.45, 7) is 8.40. The third-order valence-corrected chi connectivity index (χ3v) is 8.53. The van der Waals surface area contributed by atoms with E-state index in [4.69, 9.17) is 5.26 Å². The average Bonchev–Trinajstić information content (AvgIpc) is 3.41. The molecule has 2 aromatic heterocycles. The summed E-state index contributed by atoms with van der Waals surface area (Å²) < 4.78 is 1.96. The van der Waals surface area contributed by atoms with E-state index in [1.54, 1.807) is 18.3 Å². The van der Waals surface area contributed by atoms with Crippen LogP contribution in [0.3, 0.4) is 0 Å². The maximum atomic E-state index is 13.3. The Morgan fingerprint density at radius 3 is 2.15 bits per heavy atom. The first-order valence-corrected chi connectivity index (χ1v) is 13.6. The van der Waals surface area contributed by atoms with Crippen molar-refractivity contribution in [1.82, 2.24) is 29.1 Å². The smallest absolute Gasteiger partial charge is 0.253 e. The van der Waals surface area contributed by atoms with E-state index in [-0.39, 0.29) is 11.4 Å². The lowest BCUT2D eigenvalue weighted by molar-refractivity contribution is 0.00660. The van der Waals surface area contributed by atoms with Gasteiger partial charge in [-0.2, -0.15) is 5.26 Å². The fraction of sp³-hybridized carbons (Fsp3) is 0.355. The van der Waals surface area contributed by atoms with Crippen LogP contribution in [0.25, 0.3) is 28.2 Å². The monoisotopic (exact) mass is 519 g/mol. The summed E-state index contributed by atoms with van der Waals surface area (Å²) in [5, 5.41) is 9.09. The molecule has 6 rings (SSSR count). The molecule has 39 heavy (non-hydrogen) atoms. The Morgan fingerprint density at radius 2 is 1.49 bits per heavy atom. The van der Waals surface area contributed by atoms with Crippen molar-refractivity contribution in [2.75, 3.05) is 46.3 Å². The molecule has 0 atom stereocenters. The van der Waals surface area contributed by atoms with E-state index in [9.17, 15) is 4.79 Å². The van der Waals surface area contributed by atoms with Crippen LogP contribution < -0.4 is 0 Å². The van der Waals surface area contributed by atoms with Crippen LogP contribution >= 0.6 is 0 Å². The van der Waals surface area contributed by atoms with E-state index in [0.29, 0.717) is 11.3 Å². The van der Waals surface area contributed by atoms with Gasteiger partial charge in [0.1, 0.15) is 0 Å². The van der Waals surface area contributed by atoms with Crippen molar-refractivity contribution < 1.29 is 4.79 Å². The fourth-order valence-corrected chi connectivity index (χ4v) is 5.79. The highest BCUT2D eigenvalue weighted by atomic mass is 16.2. The fourth-order valence-electron chi connectivity index (χ4n) is 5.79. The maximum absolute atomic E-state index is 13.3. The highest BCUT2D eigenvalue weighted by Crippen LogP contribution is 2.30. The number of piperazine rings is 1. The van der Waals surface area contributed by atoms with E-state index < -0.39 is 0 Å². The van der Waals surface area contributed by atoms with Gasteiger partial charge in [-0.15, -0.1) is 0 Å². The molecule has 2 aliphatic rings. The number of amides is 1. The zero-order valence-corrected chi connectivity index (χ0v) is 22.5. The summed E-state index contributed by atoms with van der Waals surface area (Å²) in [7, 11) is 2.19. The Kier molecular flexibility index (Phi) is 6.63. The summed E-state index contributed by atoms with van der Waals surface area (Å²) >= 11 is 0. The predicted octanol–water partition coefficient (Wildman–Crippen LogP) is 4.18. The minimum atomic E-state index is 0.105. The number of nitriles is 1. The van der Waals surface area contributed by atoms with E-state index in [1.807, 2.05) is 58.1 Å². The number of piperidine rings is 1. The quantitative estimate of drug-likeness (QED) is 0.403. The lowest BCUT2D eigenvalue weighted by atomic mass is 9.86. The Labute approximate surface area is 229 Å². The van der Waals surface area contributed by atoms with Crippen molar-refractivity contribution >= 4 is 11.7 Å². The molecule has 0 spiro atoms. The van der Waals surface area contributed by atoms with Crippen molar-refractivity contribution in [2.24, 2.45) is 0 Å². The summed E-state index contributed by atoms with van der Waals surface area (Å²) in [4.78, 5) is 29.3. The van der Waals surface area contributed by atoms with Gasteiger partial charge in [-0.3, -0.25) is 14.1 Å². The minimum absolute atomic E-state index is 0.105. The molecule has 0 saturated carbocycles. The van der Waals surface area contributed by atoms with Gasteiger partial charge in [0.2, 0.25) is 5.78 Å². The van der Waals surface area contributed by atoms with Crippen LogP contribution in [0.2, 0.25) is 0 Å². The second kappa shape index (κ2) is 10.3. The van der Waals surface area contributed by atoms with Gasteiger partial charge in [-0.05, 0) is 56.6 Å². The molecule has 8 nitrogen and oxygen atoms in total. The normalized spacial score (nSPS) is 18.2. The Bertz CT molecular complexity index is 1520. The zero-order valence-electron chi connectivity index (χ0n) is 22.5. The summed E-state index contributed by atoms with van der Waals surface area (Å²) in [6, 6.07) is 17.4. The molecule has 0 radical (unpaired) electrons. The summed E-state index contributed by atoms with van der Waals surface area (Å²) in [5.41, 5.74) is 5.32. The molecule has 8 heteroatoms. The highest BCUT2D eigenvalue weighted by molar-refractivity contribution is 5.94. The number of aromatic nitrogens is 3. The van der Waals surface area contributed by atoms with Gasteiger partial charge >= 0.3 is 0 Å². The molecule has 2 fully saturated rings. The number of imidazole rings is 1. The SMILES string of the molecule is CN1CCN(C2(C)CCN(C(=O)c3ccc(-c4cnc5ncc(-c6ccc(C#N)cc6)n5c4)cc3)CC2)CC1. The van der Waals surface area contributed by atoms with Gasteiger partial charge in [0, 0.05) is 73.9 Å². The van der Waals surface area contributed by atoms with E-state index in [1.165, 1.54) is 0 Å². The van der Waals surface area contributed by atoms with Crippen molar-refractivity contribution in [2.45, 2.75) is 25.3 Å². The van der Waals surface area contributed by atoms with Gasteiger partial charge in [-0.1, -0.05) is 24.3 Å². The maximum Gasteiger partial charge on any atom is 0.253 e. The summed E-state index contributed by atoms with van der Waals surface area (Å²) in [6.07, 6.45) is 7.65. The number of likely N-dealkylation sites (tertiary alicyclic amines) is 1. The van der Waals surface area contributed by atoms with Crippen LogP contribution in [-0.4, -0.2) is 86.8 Å². The summed E-state index contributed by atoms with van der Waals surface area (Å²) in [5.74, 6) is 0.715. The van der Waals surface area contributed by atoms with Crippen molar-refractivity contribution in [1.29, 1.82) is 5.26 Å². The third kappa shape index (κ3) is 4.91. The number of nitrogens with zero attached hydrogens (tertiary/aromatic N) is 7. The molecule has 2 aliphatic heterocycles. The number of likely N-dealkylation sites (N-methyl/N-ethyl adjacent to an activating group) is 1. The molecule has 0 unspecified atom stereocenters. The zero-order chi connectivity index (χ0) is 27.0. The second-order valence-electron chi connectivity index (χ2n) is 11.0. The number of hydrogen-bond donors (Lipinski definition) is 0. The molecular formula is C31H33N7O. The van der Waals surface area contributed by atoms with Crippen LogP contribution in [0.15, 0.2) is 67.1 Å². The van der Waals surface area contributed by atoms with Gasteiger partial charge in [0.05, 0.1) is 23.5 Å². The number of hydrogen-bond acceptors (Lipinski definition) is 6. The second-order valence-corrected chi connectivity index (χ2v) is 11.0. The third-order valence-electron chi connectivity index (χ3n) is 8.53. The first-order valence-electron chi connectivity index (χ1n) is 13.6. The van der Waals surface area contributed by atoms with Gasteiger partial charge in [0.15, 0.2) is 0 Å². The van der Waals surface area contributed by atoms with Gasteiger partial charge in [-0.25, -0.2) is 9.97 Å². The van der Waals surface area contributed by atoms with Crippen LogP contribution in [0, 0.1) is 11.3 Å². The molecule has 0 bridgehead atoms. The van der Waals surface area contributed by atoms with Crippen molar-refractivity contribution in [3.63, 3.8) is 0 Å². The number of benzene rings is 2. The van der Waals surface area contributed by atoms with Gasteiger partial charge < -0.3 is 9.80 Å². The first-order chi connectivity index (χ1) is 18.9. The molecular weight excluding hydrogens is 486 g/mol. The van der Waals surface area contributed by atoms with Crippen molar-refractivity contribution in [3.05, 3.63) is 78.2 Å². The molecule has 1 amide bonds. The average molecular weight is 520 g/mol. The van der Waals surface area contributed by atoms with E-state index >= 15 is 0 Å². The first kappa shape index (κ1) is 25.2. The molecule has 0 aliphatic carbocycles. The van der Waals surface area contributed by atoms with Crippen LogP contribution in [0.5, 0.6) is 0 Å². The largest absolute Gasteiger partial charge is 0.339 e. The topological polar surface area (TPSA) is 80.8 Å². The lowest BCUT2D eigenvalue weighted by Gasteiger charge is -2.49. The Morgan fingerprint density at radius 1 is 0.846 bits per heavy atom. The molecule has 4 heterocycles. The minimum Gasteiger partial charge on any atom is -0.339 e. The van der Waals surface area contributed by atoms with Gasteiger partial charge in [0.25, 0.3) is 5.91 Å². The number of carbonyl (C=O) groups excluding carboxylic acids is 1. The van der Waals surface area contributed by atoms with Crippen molar-refractivity contribution in [3.8, 4) is 28.5 Å². The Hall–Kier alpha value is -4.06. The van der Waals surface area contributed by atoms with E-state index in [2.05, 4.69) is 39.8 Å². The lowest BCUT2D eigenvalue weighted by Crippen LogP contribution is -2.59. The number of rotatable bonds is 4. The van der Waals surface area contributed by atoms with E-state index in [0.717, 1.165) is 80.1 Å². The Balaban J connectivity index is 1.15. The highest BCUT2D eigenvalue weighted by Gasteiger charge is 2.37. The van der Waals surface area contributed by atoms with Crippen LogP contribution in [-0.2, 0) is 0 Å². The molecule has 0 N–H and O–H groups in total. The standard InChI is InChI=1S/C31H33N7O/c1-31(37-17-15-35(2)16-18-37)11-13-36(14-12-31)29(39)26-9-7-24(8-10-26)27-20-33-30-34-21-28(38(30)22-27)25-5-3-23(19-32)4-6-25/h3-10,20-22H,11-18H2,1-2H3. The predicted molar refractivity (Wildman–Crippen MR) is 151 cm³/mol. The van der Waals surface area contributed by atoms with Crippen LogP contribution in [0.1, 0.15) is 35.7 Å². The molecule has 4 aromatic rings. The number of fused-ring (bicyclic) bond motifs is 1. The molecule has 2 aromatic carbocycles.